The van der Waals surface area contributed by atoms with Crippen molar-refractivity contribution in [3.63, 3.8) is 0 Å². The van der Waals surface area contributed by atoms with E-state index in [0.717, 1.165) is 10.5 Å². The molecule has 1 aromatic carbocycles. The first kappa shape index (κ1) is 22.4. The first-order valence-electron chi connectivity index (χ1n) is 8.44. The molecule has 1 aromatic rings. The topological polar surface area (TPSA) is 92.3 Å². The van der Waals surface area contributed by atoms with Crippen LogP contribution in [-0.2, 0) is 26.5 Å². The fourth-order valence-corrected chi connectivity index (χ4v) is 5.24. The van der Waals surface area contributed by atoms with Gasteiger partial charge >= 0.3 is 0 Å². The molecule has 0 aliphatic heterocycles. The Morgan fingerprint density at radius 3 is 1.88 bits per heavy atom. The first-order valence-corrected chi connectivity index (χ1v) is 12.7. The number of sulfonamides is 2. The first-order chi connectivity index (χ1) is 11.8. The quantitative estimate of drug-likeness (QED) is 0.385. The van der Waals surface area contributed by atoms with Crippen molar-refractivity contribution in [2.45, 2.75) is 38.0 Å². The third-order valence-corrected chi connectivity index (χ3v) is 7.49. The van der Waals surface area contributed by atoms with E-state index in [1.165, 1.54) is 0 Å². The third kappa shape index (κ3) is 10.2. The van der Waals surface area contributed by atoms with E-state index in [-0.39, 0.29) is 11.5 Å². The van der Waals surface area contributed by atoms with Gasteiger partial charge < -0.3 is 0 Å². The molecule has 9 heteroatoms. The van der Waals surface area contributed by atoms with Crippen molar-refractivity contribution < 1.29 is 16.8 Å². The molecule has 0 spiro atoms. The van der Waals surface area contributed by atoms with Crippen LogP contribution in [0, 0.1) is 0 Å². The van der Waals surface area contributed by atoms with Gasteiger partial charge in [-0.25, -0.2) is 26.3 Å². The van der Waals surface area contributed by atoms with Crippen molar-refractivity contribution in [3.05, 3.63) is 29.8 Å². The van der Waals surface area contributed by atoms with E-state index in [4.69, 9.17) is 0 Å². The summed E-state index contributed by atoms with van der Waals surface area (Å²) in [7, 11) is -6.29. The van der Waals surface area contributed by atoms with Crippen LogP contribution in [0.5, 0.6) is 0 Å². The molecule has 6 nitrogen and oxygen atoms in total. The van der Waals surface area contributed by atoms with Crippen LogP contribution in [0.4, 0.5) is 0 Å². The Hall–Kier alpha value is -0.610. The van der Waals surface area contributed by atoms with Gasteiger partial charge in [0.05, 0.1) is 11.5 Å². The summed E-state index contributed by atoms with van der Waals surface area (Å²) in [5.41, 5.74) is 1.06. The summed E-state index contributed by atoms with van der Waals surface area (Å²) in [4.78, 5) is 1.06. The summed E-state index contributed by atoms with van der Waals surface area (Å²) >= 11 is 1.58. The Bertz CT molecular complexity index is 701. The van der Waals surface area contributed by atoms with Crippen molar-refractivity contribution in [2.24, 2.45) is 0 Å². The van der Waals surface area contributed by atoms with Crippen molar-refractivity contribution in [2.75, 3.05) is 30.3 Å². The summed E-state index contributed by atoms with van der Waals surface area (Å²) in [6, 6.07) is 7.89. The predicted octanol–water partition coefficient (Wildman–Crippen LogP) is 1.98. The van der Waals surface area contributed by atoms with Gasteiger partial charge in [-0.2, -0.15) is 0 Å². The van der Waals surface area contributed by atoms with Crippen LogP contribution in [0.2, 0.25) is 0 Å². The molecule has 144 valence electrons. The van der Waals surface area contributed by atoms with Crippen LogP contribution < -0.4 is 9.44 Å². The smallest absolute Gasteiger partial charge is 0.211 e. The van der Waals surface area contributed by atoms with E-state index in [2.05, 4.69) is 9.44 Å². The molecule has 0 saturated heterocycles. The monoisotopic (exact) mass is 408 g/mol. The SMILES string of the molecule is CCCS(=O)(=O)NCCSc1ccc(CCNS(=O)(=O)CCC)cc1. The van der Waals surface area contributed by atoms with Crippen LogP contribution in [0.3, 0.4) is 0 Å². The summed E-state index contributed by atoms with van der Waals surface area (Å²) < 4.78 is 51.4. The Kier molecular flexibility index (Phi) is 10.0. The number of benzene rings is 1. The Morgan fingerprint density at radius 1 is 0.840 bits per heavy atom. The molecule has 0 aliphatic carbocycles. The van der Waals surface area contributed by atoms with E-state index >= 15 is 0 Å². The second-order valence-electron chi connectivity index (χ2n) is 5.67. The predicted molar refractivity (Wildman–Crippen MR) is 105 cm³/mol. The van der Waals surface area contributed by atoms with Gasteiger partial charge in [-0.1, -0.05) is 26.0 Å². The molecule has 1 rings (SSSR count). The van der Waals surface area contributed by atoms with Gasteiger partial charge in [-0.3, -0.25) is 0 Å². The lowest BCUT2D eigenvalue weighted by atomic mass is 10.2. The average molecular weight is 409 g/mol. The van der Waals surface area contributed by atoms with Crippen LogP contribution in [0.25, 0.3) is 0 Å². The van der Waals surface area contributed by atoms with Gasteiger partial charge in [0.25, 0.3) is 0 Å². The van der Waals surface area contributed by atoms with Crippen molar-refractivity contribution >= 4 is 31.8 Å². The average Bonchev–Trinajstić information content (AvgIpc) is 2.52. The molecule has 0 fully saturated rings. The maximum absolute atomic E-state index is 11.6. The van der Waals surface area contributed by atoms with Crippen molar-refractivity contribution in [1.29, 1.82) is 0 Å². The van der Waals surface area contributed by atoms with Crippen LogP contribution >= 0.6 is 11.8 Å². The molecule has 0 unspecified atom stereocenters. The summed E-state index contributed by atoms with van der Waals surface area (Å²) in [5, 5.41) is 0. The zero-order valence-electron chi connectivity index (χ0n) is 14.8. The molecular weight excluding hydrogens is 380 g/mol. The molecular formula is C16H28N2O4S3. The van der Waals surface area contributed by atoms with E-state index in [0.29, 0.717) is 38.1 Å². The van der Waals surface area contributed by atoms with Crippen molar-refractivity contribution in [1.82, 2.24) is 9.44 Å². The summed E-state index contributed by atoms with van der Waals surface area (Å²) in [6.07, 6.45) is 1.86. The fraction of sp³-hybridized carbons (Fsp3) is 0.625. The van der Waals surface area contributed by atoms with E-state index in [9.17, 15) is 16.8 Å². The third-order valence-electron chi connectivity index (χ3n) is 3.30. The molecule has 0 atom stereocenters. The van der Waals surface area contributed by atoms with Gasteiger partial charge in [-0.05, 0) is 37.0 Å². The van der Waals surface area contributed by atoms with Gasteiger partial charge in [0.15, 0.2) is 0 Å². The molecule has 0 amide bonds. The van der Waals surface area contributed by atoms with Gasteiger partial charge in [0.1, 0.15) is 0 Å². The lowest BCUT2D eigenvalue weighted by Gasteiger charge is -2.07. The minimum Gasteiger partial charge on any atom is -0.215 e. The highest BCUT2D eigenvalue weighted by molar-refractivity contribution is 7.99. The Labute approximate surface area is 156 Å². The normalized spacial score (nSPS) is 12.4. The second kappa shape index (κ2) is 11.2. The number of hydrogen-bond acceptors (Lipinski definition) is 5. The number of rotatable bonds is 13. The summed E-state index contributed by atoms with van der Waals surface area (Å²) in [6.45, 7) is 4.48. The molecule has 0 aliphatic rings. The van der Waals surface area contributed by atoms with Crippen molar-refractivity contribution in [3.8, 4) is 0 Å². The lowest BCUT2D eigenvalue weighted by molar-refractivity contribution is 0.579. The zero-order chi connectivity index (χ0) is 18.8. The number of nitrogens with one attached hydrogen (secondary N) is 2. The van der Waals surface area contributed by atoms with Gasteiger partial charge in [0, 0.05) is 23.7 Å². The molecule has 0 saturated carbocycles. The van der Waals surface area contributed by atoms with E-state index < -0.39 is 20.0 Å². The molecule has 25 heavy (non-hydrogen) atoms. The van der Waals surface area contributed by atoms with E-state index in [1.54, 1.807) is 11.8 Å². The highest BCUT2D eigenvalue weighted by Gasteiger charge is 2.08. The van der Waals surface area contributed by atoms with E-state index in [1.807, 2.05) is 38.1 Å². The molecule has 0 heterocycles. The lowest BCUT2D eigenvalue weighted by Crippen LogP contribution is -2.28. The van der Waals surface area contributed by atoms with Gasteiger partial charge in [-0.15, -0.1) is 11.8 Å². The molecule has 0 aromatic heterocycles. The maximum atomic E-state index is 11.6. The minimum atomic E-state index is -3.15. The highest BCUT2D eigenvalue weighted by Crippen LogP contribution is 2.18. The molecule has 0 radical (unpaired) electrons. The summed E-state index contributed by atoms with van der Waals surface area (Å²) in [5.74, 6) is 0.984. The van der Waals surface area contributed by atoms with Crippen LogP contribution in [0.15, 0.2) is 29.2 Å². The maximum Gasteiger partial charge on any atom is 0.211 e. The Balaban J connectivity index is 2.32. The molecule has 0 bridgehead atoms. The molecule has 2 N–H and O–H groups in total. The Morgan fingerprint density at radius 2 is 1.36 bits per heavy atom. The largest absolute Gasteiger partial charge is 0.215 e. The van der Waals surface area contributed by atoms with Crippen LogP contribution in [0.1, 0.15) is 32.3 Å². The number of hydrogen-bond donors (Lipinski definition) is 2. The minimum absolute atomic E-state index is 0.157. The zero-order valence-corrected chi connectivity index (χ0v) is 17.3. The highest BCUT2D eigenvalue weighted by atomic mass is 32.2. The number of thioether (sulfide) groups is 1. The van der Waals surface area contributed by atoms with Crippen LogP contribution in [-0.4, -0.2) is 47.2 Å². The fourth-order valence-electron chi connectivity index (χ4n) is 2.15. The van der Waals surface area contributed by atoms with Gasteiger partial charge in [0.2, 0.25) is 20.0 Å². The second-order valence-corrected chi connectivity index (χ2v) is 10.7. The standard InChI is InChI=1S/C16H28N2O4S3/c1-3-13-24(19,20)17-10-9-15-5-7-16(8-6-15)23-12-11-18-25(21,22)14-4-2/h5-8,17-18H,3-4,9-14H2,1-2H3.